The number of aromatic nitrogens is 6. The van der Waals surface area contributed by atoms with Crippen LogP contribution in [0.4, 0.5) is 0 Å². The molecule has 2 N–H and O–H groups in total. The lowest BCUT2D eigenvalue weighted by atomic mass is 10.1. The van der Waals surface area contributed by atoms with Crippen LogP contribution in [0, 0.1) is 0 Å². The second-order valence-corrected chi connectivity index (χ2v) is 19.7. The Morgan fingerprint density at radius 1 is 0.552 bits per heavy atom. The Morgan fingerprint density at radius 2 is 1.03 bits per heavy atom. The van der Waals surface area contributed by atoms with Crippen molar-refractivity contribution in [3.63, 3.8) is 0 Å². The van der Waals surface area contributed by atoms with E-state index in [4.69, 9.17) is 31.7 Å². The number of rotatable bonds is 9. The average molecular weight is 854 g/mol. The molecule has 16 heteroatoms. The summed E-state index contributed by atoms with van der Waals surface area (Å²) in [5, 5.41) is 36.6. The number of hydrogen-bond donors (Lipinski definition) is 2. The molecule has 1 unspecified atom stereocenters. The second kappa shape index (κ2) is 18.9. The fourth-order valence-electron chi connectivity index (χ4n) is 5.36. The number of halogens is 2. The highest BCUT2D eigenvalue weighted by Gasteiger charge is 2.21. The van der Waals surface area contributed by atoms with E-state index in [2.05, 4.69) is 20.6 Å². The van der Waals surface area contributed by atoms with Gasteiger partial charge in [0, 0.05) is 40.5 Å². The zero-order valence-electron chi connectivity index (χ0n) is 31.0. The third kappa shape index (κ3) is 11.2. The summed E-state index contributed by atoms with van der Waals surface area (Å²) in [7, 11) is -1.36. The van der Waals surface area contributed by atoms with E-state index in [1.807, 2.05) is 91.1 Å². The molecule has 294 valence electrons. The predicted octanol–water partition coefficient (Wildman–Crippen LogP) is 9.88. The van der Waals surface area contributed by atoms with Gasteiger partial charge in [-0.2, -0.15) is 0 Å². The monoisotopic (exact) mass is 852 g/mol. The molecule has 0 bridgehead atoms. The van der Waals surface area contributed by atoms with E-state index in [-0.39, 0.29) is 11.5 Å². The highest BCUT2D eigenvalue weighted by molar-refractivity contribution is 8.13. The number of phenols is 2. The fourth-order valence-corrected chi connectivity index (χ4v) is 7.90. The van der Waals surface area contributed by atoms with Gasteiger partial charge in [0.15, 0.2) is 0 Å². The molecule has 0 aliphatic heterocycles. The molecule has 2 aromatic heterocycles. The quantitative estimate of drug-likeness (QED) is 0.134. The number of phenolic OH excluding ortho intramolecular Hbond substituents is 2. The summed E-state index contributed by atoms with van der Waals surface area (Å²) in [6.45, 7) is 1.62. The van der Waals surface area contributed by atoms with Crippen LogP contribution in [-0.4, -0.2) is 54.0 Å². The molecular weight excluding hydrogens is 817 g/mol. The van der Waals surface area contributed by atoms with Crippen LogP contribution in [0.15, 0.2) is 170 Å². The number of benzene rings is 6. The van der Waals surface area contributed by atoms with Gasteiger partial charge < -0.3 is 19.5 Å². The number of aromatic hydroxyl groups is 2. The van der Waals surface area contributed by atoms with Crippen molar-refractivity contribution in [1.29, 1.82) is 0 Å². The first-order chi connectivity index (χ1) is 27.9. The zero-order valence-corrected chi connectivity index (χ0v) is 34.3. The maximum absolute atomic E-state index is 13.0. The first kappa shape index (κ1) is 41.5. The average Bonchev–Trinajstić information content (AvgIpc) is 3.94. The lowest BCUT2D eigenvalue weighted by Gasteiger charge is -2.16. The minimum Gasteiger partial charge on any atom is -0.508 e. The number of nitrogens with zero attached hydrogens (tertiary/aromatic N) is 6. The second-order valence-electron chi connectivity index (χ2n) is 12.5. The van der Waals surface area contributed by atoms with Crippen molar-refractivity contribution in [2.24, 2.45) is 0 Å². The third-order valence-electron chi connectivity index (χ3n) is 8.23. The Kier molecular flexibility index (Phi) is 13.5. The Bertz CT molecular complexity index is 2630. The van der Waals surface area contributed by atoms with Crippen LogP contribution in [0.2, 0.25) is 0 Å². The molecule has 2 heterocycles. The van der Waals surface area contributed by atoms with Gasteiger partial charge in [0.2, 0.25) is 0 Å². The molecule has 0 radical (unpaired) electrons. The lowest BCUT2D eigenvalue weighted by Crippen LogP contribution is -2.08. The van der Waals surface area contributed by atoms with Crippen molar-refractivity contribution >= 4 is 46.3 Å². The van der Waals surface area contributed by atoms with Crippen molar-refractivity contribution in [2.45, 2.75) is 0 Å². The minimum absolute atomic E-state index is 0.173. The molecule has 0 aliphatic carbocycles. The van der Waals surface area contributed by atoms with Gasteiger partial charge in [-0.3, -0.25) is 9.13 Å². The topological polar surface area (TPSA) is 154 Å². The SMILES string of the molecule is COc1cccc(-c2cn(-c3cccc(OP(C)(=O)c4ccccc4)c3)nn2)c1.O=P(Cl)(Cl)c1ccccc1.Oc1cccc(-c2cn(-c3cccc(O)c3)nn2)c1. The molecule has 0 aliphatic rings. The van der Waals surface area contributed by atoms with Gasteiger partial charge in [-0.05, 0) is 95.3 Å². The van der Waals surface area contributed by atoms with Crippen molar-refractivity contribution in [3.8, 4) is 56.9 Å². The summed E-state index contributed by atoms with van der Waals surface area (Å²) in [5.74, 6) is -1.45. The standard InChI is InChI=1S/C22H20N3O3P.C14H11N3O2.C6H5Cl2OP/c1-27-19-10-6-8-17(14-19)22-16-25(24-23-22)18-9-7-11-20(15-18)28-29(2,26)21-12-4-3-5-13-21;18-12-5-1-3-10(7-12)14-9-17(16-15-14)11-4-2-6-13(19)8-11;7-10(8,9)6-4-2-1-3-5-6/h3-16H,1-2H3;1-9,18-19H;1-5H. The number of ether oxygens (including phenoxy) is 1. The molecule has 1 atom stereocenters. The summed E-state index contributed by atoms with van der Waals surface area (Å²) in [6, 6.07) is 46.3. The molecule has 0 spiro atoms. The van der Waals surface area contributed by atoms with Crippen LogP contribution < -0.4 is 19.9 Å². The normalized spacial score (nSPS) is 11.9. The van der Waals surface area contributed by atoms with Gasteiger partial charge in [-0.1, -0.05) is 83.2 Å². The van der Waals surface area contributed by atoms with E-state index in [1.165, 1.54) is 0 Å². The van der Waals surface area contributed by atoms with Gasteiger partial charge in [-0.15, -0.1) is 10.2 Å². The summed E-state index contributed by atoms with van der Waals surface area (Å²) in [6.07, 6.45) is 3.57. The molecular formula is C42H36Cl2N6O6P2. The van der Waals surface area contributed by atoms with Crippen LogP contribution in [-0.2, 0) is 9.13 Å². The van der Waals surface area contributed by atoms with Crippen LogP contribution in [0.1, 0.15) is 0 Å². The van der Waals surface area contributed by atoms with E-state index in [9.17, 15) is 19.3 Å². The Hall–Kier alpha value is -6.16. The molecule has 12 nitrogen and oxygen atoms in total. The molecule has 8 aromatic rings. The van der Waals surface area contributed by atoms with Crippen LogP contribution in [0.3, 0.4) is 0 Å². The van der Waals surface area contributed by atoms with Gasteiger partial charge >= 0.3 is 0 Å². The summed E-state index contributed by atoms with van der Waals surface area (Å²) < 4.78 is 38.3. The lowest BCUT2D eigenvalue weighted by molar-refractivity contribution is 0.415. The van der Waals surface area contributed by atoms with Gasteiger partial charge in [0.1, 0.15) is 34.4 Å². The van der Waals surface area contributed by atoms with Crippen molar-refractivity contribution in [3.05, 3.63) is 170 Å². The molecule has 8 rings (SSSR count). The largest absolute Gasteiger partial charge is 0.508 e. The van der Waals surface area contributed by atoms with Crippen LogP contribution in [0.5, 0.6) is 23.0 Å². The minimum atomic E-state index is -3.07. The van der Waals surface area contributed by atoms with Crippen LogP contribution in [0.25, 0.3) is 33.9 Å². The van der Waals surface area contributed by atoms with Crippen molar-refractivity contribution < 1.29 is 28.6 Å². The van der Waals surface area contributed by atoms with Gasteiger partial charge in [0.05, 0.1) is 30.9 Å². The Balaban J connectivity index is 0.000000167. The number of hydrogen-bond acceptors (Lipinski definition) is 10. The van der Waals surface area contributed by atoms with E-state index >= 15 is 0 Å². The molecule has 58 heavy (non-hydrogen) atoms. The van der Waals surface area contributed by atoms with E-state index in [1.54, 1.807) is 102 Å². The maximum Gasteiger partial charge on any atom is 0.281 e. The Labute approximate surface area is 344 Å². The highest BCUT2D eigenvalue weighted by atomic mass is 35.9. The summed E-state index contributed by atoms with van der Waals surface area (Å²) in [5.41, 5.74) is 4.55. The molecule has 0 fully saturated rings. The first-order valence-electron chi connectivity index (χ1n) is 17.4. The smallest absolute Gasteiger partial charge is 0.281 e. The highest BCUT2D eigenvalue weighted by Crippen LogP contribution is 2.55. The number of methoxy groups -OCH3 is 1. The van der Waals surface area contributed by atoms with Crippen LogP contribution >= 0.6 is 35.7 Å². The summed E-state index contributed by atoms with van der Waals surface area (Å²) >= 11 is 10.8. The van der Waals surface area contributed by atoms with Crippen molar-refractivity contribution in [2.75, 3.05) is 13.8 Å². The van der Waals surface area contributed by atoms with Gasteiger partial charge in [-0.25, -0.2) is 9.36 Å². The fraction of sp³-hybridized carbons (Fsp3) is 0.0476. The maximum atomic E-state index is 13.0. The molecule has 0 saturated heterocycles. The molecule has 0 saturated carbocycles. The zero-order chi connectivity index (χ0) is 41.1. The molecule has 0 amide bonds. The van der Waals surface area contributed by atoms with E-state index in [0.29, 0.717) is 22.1 Å². The third-order valence-corrected chi connectivity index (χ3v) is 12.1. The first-order valence-corrected chi connectivity index (χ1v) is 23.0. The molecule has 6 aromatic carbocycles. The van der Waals surface area contributed by atoms with E-state index in [0.717, 1.165) is 33.9 Å². The summed E-state index contributed by atoms with van der Waals surface area (Å²) in [4.78, 5) is 0. The van der Waals surface area contributed by atoms with Crippen molar-refractivity contribution in [1.82, 2.24) is 30.0 Å². The van der Waals surface area contributed by atoms with E-state index < -0.39 is 13.2 Å². The predicted molar refractivity (Wildman–Crippen MR) is 229 cm³/mol. The van der Waals surface area contributed by atoms with Gasteiger partial charge in [0.25, 0.3) is 13.2 Å². The Morgan fingerprint density at radius 3 is 1.57 bits per heavy atom.